The first-order chi connectivity index (χ1) is 12.7. The summed E-state index contributed by atoms with van der Waals surface area (Å²) in [7, 11) is 0. The van der Waals surface area contributed by atoms with Crippen LogP contribution in [0.2, 0.25) is 0 Å². The number of carbonyl (C=O) groups excluding carboxylic acids is 1. The SMILES string of the molecule is N#Cc1ccc(CNC(=O)N2CCCCC2c2nc3ccccc3[nH]2)s1. The first kappa shape index (κ1) is 16.6. The molecule has 7 heteroatoms. The van der Waals surface area contributed by atoms with E-state index in [1.165, 1.54) is 11.3 Å². The number of hydrogen-bond donors (Lipinski definition) is 2. The third-order valence-electron chi connectivity index (χ3n) is 4.67. The highest BCUT2D eigenvalue weighted by atomic mass is 32.1. The van der Waals surface area contributed by atoms with E-state index in [1.807, 2.05) is 35.2 Å². The number of aromatic nitrogens is 2. The van der Waals surface area contributed by atoms with E-state index < -0.39 is 0 Å². The van der Waals surface area contributed by atoms with E-state index in [1.54, 1.807) is 6.07 Å². The molecule has 1 aromatic carbocycles. The van der Waals surface area contributed by atoms with Crippen LogP contribution in [0.25, 0.3) is 11.0 Å². The Bertz CT molecular complexity index is 937. The molecule has 2 aromatic heterocycles. The van der Waals surface area contributed by atoms with Crippen LogP contribution in [0.4, 0.5) is 4.79 Å². The topological polar surface area (TPSA) is 84.8 Å². The summed E-state index contributed by atoms with van der Waals surface area (Å²) >= 11 is 1.41. The number of imidazole rings is 1. The van der Waals surface area contributed by atoms with Crippen LogP contribution in [0.15, 0.2) is 36.4 Å². The van der Waals surface area contributed by atoms with Crippen LogP contribution >= 0.6 is 11.3 Å². The van der Waals surface area contributed by atoms with Gasteiger partial charge in [0.25, 0.3) is 0 Å². The Morgan fingerprint density at radius 3 is 3.04 bits per heavy atom. The predicted molar refractivity (Wildman–Crippen MR) is 101 cm³/mol. The number of nitrogens with one attached hydrogen (secondary N) is 2. The Labute approximate surface area is 155 Å². The van der Waals surface area contributed by atoms with Crippen LogP contribution in [0.3, 0.4) is 0 Å². The van der Waals surface area contributed by atoms with Crippen molar-refractivity contribution >= 4 is 28.4 Å². The molecule has 2 N–H and O–H groups in total. The number of aromatic amines is 1. The van der Waals surface area contributed by atoms with Gasteiger partial charge >= 0.3 is 6.03 Å². The Morgan fingerprint density at radius 1 is 1.35 bits per heavy atom. The lowest BCUT2D eigenvalue weighted by atomic mass is 10.0. The van der Waals surface area contributed by atoms with E-state index in [-0.39, 0.29) is 12.1 Å². The molecule has 3 aromatic rings. The second kappa shape index (κ2) is 7.18. The van der Waals surface area contributed by atoms with Crippen LogP contribution in [-0.2, 0) is 6.54 Å². The molecule has 1 atom stereocenters. The van der Waals surface area contributed by atoms with E-state index in [2.05, 4.69) is 16.4 Å². The average Bonchev–Trinajstić information content (AvgIpc) is 3.32. The van der Waals surface area contributed by atoms with Crippen molar-refractivity contribution < 1.29 is 4.79 Å². The molecule has 1 saturated heterocycles. The molecule has 0 bridgehead atoms. The standard InChI is InChI=1S/C19H19N5OS/c20-11-13-8-9-14(26-13)12-21-19(25)24-10-4-3-7-17(24)18-22-15-5-1-2-6-16(15)23-18/h1-2,5-6,8-9,17H,3-4,7,10,12H2,(H,21,25)(H,22,23). The van der Waals surface area contributed by atoms with E-state index in [0.29, 0.717) is 11.4 Å². The molecule has 4 rings (SSSR count). The maximum Gasteiger partial charge on any atom is 0.318 e. The number of hydrogen-bond acceptors (Lipinski definition) is 4. The normalized spacial score (nSPS) is 17.2. The summed E-state index contributed by atoms with van der Waals surface area (Å²) in [5.74, 6) is 0.851. The molecule has 0 radical (unpaired) electrons. The molecular formula is C19H19N5OS. The number of amides is 2. The summed E-state index contributed by atoms with van der Waals surface area (Å²) in [6.45, 7) is 1.16. The van der Waals surface area contributed by atoms with E-state index in [4.69, 9.17) is 10.2 Å². The fourth-order valence-corrected chi connectivity index (χ4v) is 4.13. The minimum atomic E-state index is -0.0814. The molecule has 1 aliphatic heterocycles. The minimum Gasteiger partial charge on any atom is -0.340 e. The highest BCUT2D eigenvalue weighted by molar-refractivity contribution is 7.12. The van der Waals surface area contributed by atoms with Crippen molar-refractivity contribution in [2.24, 2.45) is 0 Å². The van der Waals surface area contributed by atoms with Crippen molar-refractivity contribution in [2.75, 3.05) is 6.54 Å². The van der Waals surface area contributed by atoms with Gasteiger partial charge in [-0.25, -0.2) is 9.78 Å². The lowest BCUT2D eigenvalue weighted by Gasteiger charge is -2.34. The largest absolute Gasteiger partial charge is 0.340 e. The van der Waals surface area contributed by atoms with Crippen molar-refractivity contribution in [2.45, 2.75) is 31.8 Å². The number of benzene rings is 1. The number of H-pyrrole nitrogens is 1. The zero-order valence-corrected chi connectivity index (χ0v) is 15.1. The highest BCUT2D eigenvalue weighted by Gasteiger charge is 2.30. The molecular weight excluding hydrogens is 346 g/mol. The van der Waals surface area contributed by atoms with Crippen molar-refractivity contribution in [3.05, 3.63) is 52.0 Å². The Hall–Kier alpha value is -2.85. The fourth-order valence-electron chi connectivity index (χ4n) is 3.39. The van der Waals surface area contributed by atoms with Gasteiger partial charge in [-0.15, -0.1) is 11.3 Å². The van der Waals surface area contributed by atoms with Crippen molar-refractivity contribution in [1.82, 2.24) is 20.2 Å². The van der Waals surface area contributed by atoms with Gasteiger partial charge in [0.05, 0.1) is 23.6 Å². The number of fused-ring (bicyclic) bond motifs is 1. The summed E-state index contributed by atoms with van der Waals surface area (Å²) in [5.41, 5.74) is 1.92. The van der Waals surface area contributed by atoms with Gasteiger partial charge < -0.3 is 15.2 Å². The Morgan fingerprint density at radius 2 is 2.23 bits per heavy atom. The van der Waals surface area contributed by atoms with Gasteiger partial charge in [-0.1, -0.05) is 12.1 Å². The molecule has 1 aliphatic rings. The number of carbonyl (C=O) groups is 1. The lowest BCUT2D eigenvalue weighted by Crippen LogP contribution is -2.44. The van der Waals surface area contributed by atoms with Gasteiger partial charge in [-0.05, 0) is 43.5 Å². The number of thiophene rings is 1. The quantitative estimate of drug-likeness (QED) is 0.737. The second-order valence-electron chi connectivity index (χ2n) is 6.38. The minimum absolute atomic E-state index is 0.0332. The molecule has 0 spiro atoms. The molecule has 6 nitrogen and oxygen atoms in total. The summed E-state index contributed by atoms with van der Waals surface area (Å²) < 4.78 is 0. The molecule has 0 aliphatic carbocycles. The monoisotopic (exact) mass is 365 g/mol. The van der Waals surface area contributed by atoms with E-state index in [0.717, 1.165) is 47.5 Å². The van der Waals surface area contributed by atoms with Crippen LogP contribution < -0.4 is 5.32 Å². The van der Waals surface area contributed by atoms with Gasteiger partial charge in [0, 0.05) is 11.4 Å². The molecule has 3 heterocycles. The van der Waals surface area contributed by atoms with E-state index >= 15 is 0 Å². The third kappa shape index (κ3) is 3.28. The lowest BCUT2D eigenvalue weighted by molar-refractivity contribution is 0.148. The summed E-state index contributed by atoms with van der Waals surface area (Å²) in [6, 6.07) is 13.6. The average molecular weight is 365 g/mol. The van der Waals surface area contributed by atoms with Gasteiger partial charge in [0.1, 0.15) is 16.8 Å². The fraction of sp³-hybridized carbons (Fsp3) is 0.316. The van der Waals surface area contributed by atoms with Gasteiger partial charge in [0.15, 0.2) is 0 Å². The molecule has 0 saturated carbocycles. The first-order valence-corrected chi connectivity index (χ1v) is 9.54. The molecule has 2 amide bonds. The molecule has 1 fully saturated rings. The number of urea groups is 1. The zero-order valence-electron chi connectivity index (χ0n) is 14.2. The van der Waals surface area contributed by atoms with Crippen LogP contribution in [0.5, 0.6) is 0 Å². The van der Waals surface area contributed by atoms with E-state index in [9.17, 15) is 4.79 Å². The maximum absolute atomic E-state index is 12.8. The molecule has 26 heavy (non-hydrogen) atoms. The maximum atomic E-state index is 12.8. The smallest absolute Gasteiger partial charge is 0.318 e. The predicted octanol–water partition coefficient (Wildman–Crippen LogP) is 3.93. The summed E-state index contributed by atoms with van der Waals surface area (Å²) in [4.78, 5) is 24.3. The number of piperidine rings is 1. The number of rotatable bonds is 3. The van der Waals surface area contributed by atoms with Gasteiger partial charge in [-0.3, -0.25) is 0 Å². The Balaban J connectivity index is 1.49. The number of nitriles is 1. The Kier molecular flexibility index (Phi) is 4.59. The van der Waals surface area contributed by atoms with Crippen molar-refractivity contribution in [1.29, 1.82) is 5.26 Å². The first-order valence-electron chi connectivity index (χ1n) is 8.72. The van der Waals surface area contributed by atoms with Gasteiger partial charge in [0.2, 0.25) is 0 Å². The molecule has 1 unspecified atom stereocenters. The molecule has 132 valence electrons. The summed E-state index contributed by atoms with van der Waals surface area (Å²) in [6.07, 6.45) is 2.99. The second-order valence-corrected chi connectivity index (χ2v) is 7.55. The third-order valence-corrected chi connectivity index (χ3v) is 5.66. The highest BCUT2D eigenvalue weighted by Crippen LogP contribution is 2.30. The van der Waals surface area contributed by atoms with Crippen LogP contribution in [0.1, 0.15) is 40.9 Å². The number of nitrogens with zero attached hydrogens (tertiary/aromatic N) is 3. The zero-order chi connectivity index (χ0) is 17.9. The number of para-hydroxylation sites is 2. The van der Waals surface area contributed by atoms with Crippen molar-refractivity contribution in [3.8, 4) is 6.07 Å². The van der Waals surface area contributed by atoms with Crippen LogP contribution in [-0.4, -0.2) is 27.4 Å². The van der Waals surface area contributed by atoms with Crippen LogP contribution in [0, 0.1) is 11.3 Å². The van der Waals surface area contributed by atoms with Gasteiger partial charge in [-0.2, -0.15) is 5.26 Å². The number of likely N-dealkylation sites (tertiary alicyclic amines) is 1. The summed E-state index contributed by atoms with van der Waals surface area (Å²) in [5, 5.41) is 11.9. The van der Waals surface area contributed by atoms with Crippen molar-refractivity contribution in [3.63, 3.8) is 0 Å².